The Labute approximate surface area is 193 Å². The highest BCUT2D eigenvalue weighted by molar-refractivity contribution is 7.88. The van der Waals surface area contributed by atoms with Gasteiger partial charge < -0.3 is 9.47 Å². The minimum atomic E-state index is -1.44. The van der Waals surface area contributed by atoms with E-state index in [2.05, 4.69) is 0 Å². The molecule has 0 bridgehead atoms. The Morgan fingerprint density at radius 3 is 2.03 bits per heavy atom. The first-order valence-electron chi connectivity index (χ1n) is 10.3. The molecule has 167 valence electrons. The van der Waals surface area contributed by atoms with E-state index in [0.29, 0.717) is 33.1 Å². The van der Waals surface area contributed by atoms with Crippen LogP contribution in [0.2, 0.25) is 0 Å². The third-order valence-electron chi connectivity index (χ3n) is 4.90. The third-order valence-corrected chi connectivity index (χ3v) is 6.35. The third kappa shape index (κ3) is 5.47. The van der Waals surface area contributed by atoms with Crippen molar-refractivity contribution >= 4 is 22.7 Å². The summed E-state index contributed by atoms with van der Waals surface area (Å²) in [5.41, 5.74) is 1.96. The average Bonchev–Trinajstić information content (AvgIpc) is 3.16. The predicted molar refractivity (Wildman–Crippen MR) is 124 cm³/mol. The van der Waals surface area contributed by atoms with Crippen LogP contribution in [0.1, 0.15) is 51.3 Å². The van der Waals surface area contributed by atoms with Crippen LogP contribution in [-0.2, 0) is 25.8 Å². The van der Waals surface area contributed by atoms with E-state index in [1.165, 1.54) is 13.8 Å². The molecular formula is C26H27O5S. The van der Waals surface area contributed by atoms with Crippen LogP contribution >= 0.6 is 0 Å². The zero-order chi connectivity index (χ0) is 23.6. The molecule has 32 heavy (non-hydrogen) atoms. The molecule has 6 heteroatoms. The van der Waals surface area contributed by atoms with Crippen LogP contribution in [0.3, 0.4) is 0 Å². The summed E-state index contributed by atoms with van der Waals surface area (Å²) >= 11 is 0. The minimum absolute atomic E-state index is 0.326. The van der Waals surface area contributed by atoms with Gasteiger partial charge in [0.25, 0.3) is 0 Å². The van der Waals surface area contributed by atoms with Crippen molar-refractivity contribution in [3.8, 4) is 11.5 Å². The van der Waals surface area contributed by atoms with Gasteiger partial charge in [-0.25, -0.2) is 0 Å². The van der Waals surface area contributed by atoms with Gasteiger partial charge in [0, 0.05) is 35.8 Å². The molecule has 1 fully saturated rings. The molecule has 0 amide bonds. The Kier molecular flexibility index (Phi) is 7.23. The highest BCUT2D eigenvalue weighted by atomic mass is 32.2. The monoisotopic (exact) mass is 451 g/mol. The summed E-state index contributed by atoms with van der Waals surface area (Å²) in [5, 5.41) is 0.583. The summed E-state index contributed by atoms with van der Waals surface area (Å²) < 4.78 is 24.4. The van der Waals surface area contributed by atoms with Crippen molar-refractivity contribution in [2.45, 2.75) is 51.9 Å². The molecule has 0 aliphatic heterocycles. The zero-order valence-electron chi connectivity index (χ0n) is 19.1. The lowest BCUT2D eigenvalue weighted by atomic mass is 9.83. The highest BCUT2D eigenvalue weighted by Gasteiger charge is 2.39. The fourth-order valence-electron chi connectivity index (χ4n) is 3.41. The van der Waals surface area contributed by atoms with Gasteiger partial charge in [-0.3, -0.25) is 13.8 Å². The minimum Gasteiger partial charge on any atom is -0.426 e. The van der Waals surface area contributed by atoms with Crippen LogP contribution in [-0.4, -0.2) is 16.1 Å². The first-order valence-corrected chi connectivity index (χ1v) is 11.4. The van der Waals surface area contributed by atoms with Gasteiger partial charge in [-0.15, -0.1) is 0 Å². The summed E-state index contributed by atoms with van der Waals surface area (Å²) in [7, 11) is -1.44. The van der Waals surface area contributed by atoms with Crippen molar-refractivity contribution in [1.82, 2.24) is 0 Å². The summed E-state index contributed by atoms with van der Waals surface area (Å²) in [5.74, 6) is 0.427. The van der Waals surface area contributed by atoms with Gasteiger partial charge in [0.1, 0.15) is 11.5 Å². The molecule has 0 aromatic heterocycles. The van der Waals surface area contributed by atoms with E-state index in [-0.39, 0.29) is 5.41 Å². The summed E-state index contributed by atoms with van der Waals surface area (Å²) in [6.07, 6.45) is 5.40. The van der Waals surface area contributed by atoms with Crippen LogP contribution in [0.5, 0.6) is 11.5 Å². The van der Waals surface area contributed by atoms with E-state index in [0.717, 1.165) is 11.1 Å². The second kappa shape index (κ2) is 9.57. The number of carbonyl (C=O) groups excluding carboxylic acids is 2. The van der Waals surface area contributed by atoms with Gasteiger partial charge in [0.2, 0.25) is 0 Å². The number of ether oxygens (including phenoxy) is 2. The number of hydrogen-bond donors (Lipinski definition) is 0. The molecule has 0 N–H and O–H groups in total. The average molecular weight is 452 g/mol. The van der Waals surface area contributed by atoms with Gasteiger partial charge in [0.05, 0.1) is 16.0 Å². The lowest BCUT2D eigenvalue weighted by Crippen LogP contribution is -2.19. The lowest BCUT2D eigenvalue weighted by Gasteiger charge is -2.26. The van der Waals surface area contributed by atoms with Crippen LogP contribution in [0.4, 0.5) is 0 Å². The van der Waals surface area contributed by atoms with Crippen molar-refractivity contribution < 1.29 is 23.3 Å². The molecule has 5 radical (unpaired) electrons. The van der Waals surface area contributed by atoms with E-state index in [9.17, 15) is 13.8 Å². The number of benzene rings is 2. The summed E-state index contributed by atoms with van der Waals surface area (Å²) in [4.78, 5) is 24.3. The Bertz CT molecular complexity index is 1030. The Morgan fingerprint density at radius 1 is 0.875 bits per heavy atom. The number of rotatable bonds is 5. The SMILES string of the molecule is CC(=O)Oc1cc(C(C)(C)C)c(OC(C)=O)cc1[C]1[CH][CH][CH][C]1[S@@](=O)c1ccc(C)cc1. The molecule has 3 rings (SSSR count). The molecule has 1 saturated carbocycles. The van der Waals surface area contributed by atoms with Gasteiger partial charge in [-0.05, 0) is 55.9 Å². The van der Waals surface area contributed by atoms with Crippen LogP contribution < -0.4 is 9.47 Å². The number of hydrogen-bond acceptors (Lipinski definition) is 5. The number of aryl methyl sites for hydroxylation is 1. The maximum Gasteiger partial charge on any atom is 0.308 e. The fourth-order valence-corrected chi connectivity index (χ4v) is 4.63. The first-order chi connectivity index (χ1) is 15.0. The molecule has 2 aromatic carbocycles. The molecule has 2 aromatic rings. The molecule has 0 spiro atoms. The van der Waals surface area contributed by atoms with E-state index >= 15 is 0 Å². The normalized spacial score (nSPS) is 16.1. The quantitative estimate of drug-likeness (QED) is 0.471. The van der Waals surface area contributed by atoms with E-state index in [4.69, 9.17) is 9.47 Å². The number of carbonyl (C=O) groups is 2. The van der Waals surface area contributed by atoms with Crippen molar-refractivity contribution in [1.29, 1.82) is 0 Å². The molecule has 1 aliphatic carbocycles. The second-order valence-electron chi connectivity index (χ2n) is 8.67. The maximum absolute atomic E-state index is 13.4. The molecule has 1 aliphatic rings. The Hall–Kier alpha value is -2.47. The van der Waals surface area contributed by atoms with Gasteiger partial charge in [0.15, 0.2) is 0 Å². The Morgan fingerprint density at radius 2 is 1.47 bits per heavy atom. The second-order valence-corrected chi connectivity index (χ2v) is 10.1. The van der Waals surface area contributed by atoms with Crippen molar-refractivity contribution in [3.63, 3.8) is 0 Å². The van der Waals surface area contributed by atoms with Crippen molar-refractivity contribution in [2.75, 3.05) is 0 Å². The van der Waals surface area contributed by atoms with Crippen LogP contribution in [0.25, 0.3) is 0 Å². The Balaban J connectivity index is 2.10. The fraction of sp³-hybridized carbons (Fsp3) is 0.269. The first kappa shape index (κ1) is 24.2. The summed E-state index contributed by atoms with van der Waals surface area (Å²) in [6.45, 7) is 10.6. The molecule has 0 saturated heterocycles. The summed E-state index contributed by atoms with van der Waals surface area (Å²) in [6, 6.07) is 10.9. The lowest BCUT2D eigenvalue weighted by molar-refractivity contribution is -0.133. The van der Waals surface area contributed by atoms with Crippen LogP contribution in [0, 0.1) is 37.4 Å². The number of esters is 2. The topological polar surface area (TPSA) is 69.7 Å². The van der Waals surface area contributed by atoms with E-state index in [1.54, 1.807) is 25.0 Å². The molecule has 0 unspecified atom stereocenters. The largest absolute Gasteiger partial charge is 0.426 e. The maximum atomic E-state index is 13.4. The molecular weight excluding hydrogens is 424 g/mol. The van der Waals surface area contributed by atoms with Crippen LogP contribution in [0.15, 0.2) is 41.3 Å². The standard InChI is InChI=1S/C26H27O5S/c1-16-10-12-19(13-11-16)32(29)25-9-7-8-20(25)21-14-24(31-18(3)28)22(26(4,5)6)15-23(21)30-17(2)27/h7-15H,1-6H3/t32-/m0/s1. The van der Waals surface area contributed by atoms with E-state index in [1.807, 2.05) is 58.4 Å². The van der Waals surface area contributed by atoms with Crippen molar-refractivity contribution in [2.24, 2.45) is 0 Å². The predicted octanol–water partition coefficient (Wildman–Crippen LogP) is 5.03. The molecule has 0 heterocycles. The van der Waals surface area contributed by atoms with Gasteiger partial charge >= 0.3 is 11.9 Å². The molecule has 5 nitrogen and oxygen atoms in total. The van der Waals surface area contributed by atoms with E-state index < -0.39 is 22.7 Å². The smallest absolute Gasteiger partial charge is 0.308 e. The van der Waals surface area contributed by atoms with Crippen molar-refractivity contribution in [3.05, 3.63) is 83.5 Å². The molecule has 1 atom stereocenters. The highest BCUT2D eigenvalue weighted by Crippen LogP contribution is 2.48. The zero-order valence-corrected chi connectivity index (χ0v) is 20.0. The van der Waals surface area contributed by atoms with Gasteiger partial charge in [-0.1, -0.05) is 38.5 Å². The van der Waals surface area contributed by atoms with Gasteiger partial charge in [-0.2, -0.15) is 0 Å².